The topological polar surface area (TPSA) is 61.4 Å². The number of hydrogen-bond donors (Lipinski definition) is 3. The minimum absolute atomic E-state index is 0.0997. The summed E-state index contributed by atoms with van der Waals surface area (Å²) < 4.78 is 0. The van der Waals surface area contributed by atoms with Gasteiger partial charge in [-0.05, 0) is 37.1 Å². The van der Waals surface area contributed by atoms with Crippen LogP contribution in [-0.2, 0) is 5.60 Å². The Morgan fingerprint density at radius 1 is 1.23 bits per heavy atom. The molecule has 0 aromatic heterocycles. The zero-order valence-electron chi connectivity index (χ0n) is 12.6. The molecule has 0 aliphatic carbocycles. The summed E-state index contributed by atoms with van der Waals surface area (Å²) >= 11 is 5.92. The highest BCUT2D eigenvalue weighted by molar-refractivity contribution is 6.31. The molecule has 0 aliphatic rings. The molecular weight excluding hydrogens is 300 g/mol. The fourth-order valence-corrected chi connectivity index (χ4v) is 2.22. The number of halogens is 1. The molecule has 1 unspecified atom stereocenters. The number of anilines is 1. The Balaban J connectivity index is 1.97. The summed E-state index contributed by atoms with van der Waals surface area (Å²) in [5.41, 5.74) is 1.16. The lowest BCUT2D eigenvalue weighted by Crippen LogP contribution is -2.40. The Morgan fingerprint density at radius 2 is 1.91 bits per heavy atom. The van der Waals surface area contributed by atoms with Crippen LogP contribution in [0.25, 0.3) is 0 Å². The maximum absolute atomic E-state index is 12.0. The Kier molecular flexibility index (Phi) is 5.06. The van der Waals surface area contributed by atoms with E-state index in [-0.39, 0.29) is 12.6 Å². The summed E-state index contributed by atoms with van der Waals surface area (Å²) in [5, 5.41) is 16.4. The van der Waals surface area contributed by atoms with Crippen molar-refractivity contribution in [1.29, 1.82) is 0 Å². The number of nitrogens with one attached hydrogen (secondary N) is 2. The van der Waals surface area contributed by atoms with Crippen LogP contribution in [0.5, 0.6) is 0 Å². The third kappa shape index (κ3) is 4.23. The highest BCUT2D eigenvalue weighted by atomic mass is 35.5. The van der Waals surface area contributed by atoms with Gasteiger partial charge in [0.1, 0.15) is 5.60 Å². The van der Waals surface area contributed by atoms with Crippen molar-refractivity contribution in [3.8, 4) is 0 Å². The highest BCUT2D eigenvalue weighted by Gasteiger charge is 2.23. The fourth-order valence-electron chi connectivity index (χ4n) is 2.05. The molecule has 0 aliphatic heterocycles. The van der Waals surface area contributed by atoms with Gasteiger partial charge in [0, 0.05) is 10.7 Å². The number of amides is 2. The molecule has 22 heavy (non-hydrogen) atoms. The largest absolute Gasteiger partial charge is 0.384 e. The minimum atomic E-state index is -1.14. The van der Waals surface area contributed by atoms with Crippen molar-refractivity contribution in [2.24, 2.45) is 0 Å². The van der Waals surface area contributed by atoms with E-state index in [0.29, 0.717) is 10.7 Å². The molecule has 2 rings (SSSR count). The summed E-state index contributed by atoms with van der Waals surface area (Å²) in [7, 11) is 0. The molecule has 4 nitrogen and oxygen atoms in total. The van der Waals surface area contributed by atoms with Crippen LogP contribution in [0.4, 0.5) is 10.5 Å². The van der Waals surface area contributed by atoms with Gasteiger partial charge in [-0.2, -0.15) is 0 Å². The van der Waals surface area contributed by atoms with E-state index in [1.165, 1.54) is 0 Å². The van der Waals surface area contributed by atoms with Crippen LogP contribution >= 0.6 is 11.6 Å². The molecule has 0 saturated heterocycles. The van der Waals surface area contributed by atoms with E-state index < -0.39 is 5.60 Å². The van der Waals surface area contributed by atoms with Crippen LogP contribution < -0.4 is 10.6 Å². The number of aliphatic hydroxyl groups is 1. The van der Waals surface area contributed by atoms with Gasteiger partial charge in [0.2, 0.25) is 0 Å². The summed E-state index contributed by atoms with van der Waals surface area (Å²) in [4.78, 5) is 12.0. The number of rotatable bonds is 4. The van der Waals surface area contributed by atoms with Gasteiger partial charge in [-0.25, -0.2) is 4.79 Å². The Morgan fingerprint density at radius 3 is 2.59 bits per heavy atom. The van der Waals surface area contributed by atoms with Gasteiger partial charge in [-0.15, -0.1) is 0 Å². The Hall–Kier alpha value is -2.04. The third-order valence-corrected chi connectivity index (χ3v) is 3.67. The van der Waals surface area contributed by atoms with Crippen molar-refractivity contribution in [2.45, 2.75) is 19.4 Å². The number of carbonyl (C=O) groups excluding carboxylic acids is 1. The van der Waals surface area contributed by atoms with Gasteiger partial charge >= 0.3 is 6.03 Å². The van der Waals surface area contributed by atoms with Crippen molar-refractivity contribution < 1.29 is 9.90 Å². The molecule has 0 heterocycles. The summed E-state index contributed by atoms with van der Waals surface area (Å²) in [6, 6.07) is 14.1. The van der Waals surface area contributed by atoms with E-state index in [1.807, 2.05) is 43.3 Å². The maximum atomic E-state index is 12.0. The van der Waals surface area contributed by atoms with Crippen LogP contribution in [0.3, 0.4) is 0 Å². The van der Waals surface area contributed by atoms with E-state index in [1.54, 1.807) is 19.1 Å². The van der Waals surface area contributed by atoms with E-state index >= 15 is 0 Å². The van der Waals surface area contributed by atoms with Crippen LogP contribution in [0.1, 0.15) is 18.1 Å². The quantitative estimate of drug-likeness (QED) is 0.805. The summed E-state index contributed by atoms with van der Waals surface area (Å²) in [6.45, 7) is 3.64. The van der Waals surface area contributed by atoms with Gasteiger partial charge < -0.3 is 15.7 Å². The molecule has 0 fully saturated rings. The summed E-state index contributed by atoms with van der Waals surface area (Å²) in [5.74, 6) is 0. The summed E-state index contributed by atoms with van der Waals surface area (Å²) in [6.07, 6.45) is 0. The lowest BCUT2D eigenvalue weighted by molar-refractivity contribution is 0.0599. The molecule has 0 spiro atoms. The normalized spacial score (nSPS) is 13.3. The second-order valence-corrected chi connectivity index (χ2v) is 5.84. The van der Waals surface area contributed by atoms with E-state index in [9.17, 15) is 9.90 Å². The molecule has 116 valence electrons. The van der Waals surface area contributed by atoms with Crippen molar-refractivity contribution >= 4 is 23.3 Å². The Labute approximate surface area is 135 Å². The molecular formula is C17H19ClN2O2. The monoisotopic (exact) mass is 318 g/mol. The van der Waals surface area contributed by atoms with E-state index in [0.717, 1.165) is 11.1 Å². The van der Waals surface area contributed by atoms with E-state index in [2.05, 4.69) is 10.6 Å². The fraction of sp³-hybridized carbons (Fsp3) is 0.235. The predicted octanol–water partition coefficient (Wildman–Crippen LogP) is 3.68. The number of carbonyl (C=O) groups is 1. The first-order chi connectivity index (χ1) is 10.4. The van der Waals surface area contributed by atoms with Crippen molar-refractivity contribution in [3.05, 3.63) is 64.7 Å². The van der Waals surface area contributed by atoms with Crippen molar-refractivity contribution in [3.63, 3.8) is 0 Å². The van der Waals surface area contributed by atoms with Crippen LogP contribution in [-0.4, -0.2) is 17.7 Å². The SMILES string of the molecule is Cc1ccc(Cl)cc1NC(=O)NCC(C)(O)c1ccccc1. The smallest absolute Gasteiger partial charge is 0.319 e. The highest BCUT2D eigenvalue weighted by Crippen LogP contribution is 2.21. The lowest BCUT2D eigenvalue weighted by Gasteiger charge is -2.24. The van der Waals surface area contributed by atoms with Gasteiger partial charge in [-0.3, -0.25) is 0 Å². The second-order valence-electron chi connectivity index (χ2n) is 5.41. The van der Waals surface area contributed by atoms with Gasteiger partial charge in [0.15, 0.2) is 0 Å². The lowest BCUT2D eigenvalue weighted by atomic mass is 9.96. The van der Waals surface area contributed by atoms with Crippen molar-refractivity contribution in [1.82, 2.24) is 5.32 Å². The molecule has 2 amide bonds. The first-order valence-electron chi connectivity index (χ1n) is 6.97. The number of hydrogen-bond acceptors (Lipinski definition) is 2. The molecule has 1 atom stereocenters. The average molecular weight is 319 g/mol. The Bertz CT molecular complexity index is 657. The number of aryl methyl sites for hydroxylation is 1. The maximum Gasteiger partial charge on any atom is 0.319 e. The minimum Gasteiger partial charge on any atom is -0.384 e. The molecule has 2 aromatic rings. The zero-order chi connectivity index (χ0) is 16.2. The molecule has 3 N–H and O–H groups in total. The average Bonchev–Trinajstić information content (AvgIpc) is 2.50. The zero-order valence-corrected chi connectivity index (χ0v) is 13.3. The molecule has 0 saturated carbocycles. The number of urea groups is 1. The predicted molar refractivity (Wildman–Crippen MR) is 89.2 cm³/mol. The van der Waals surface area contributed by atoms with Gasteiger partial charge in [-0.1, -0.05) is 48.0 Å². The molecule has 0 radical (unpaired) electrons. The molecule has 2 aromatic carbocycles. The molecule has 5 heteroatoms. The third-order valence-electron chi connectivity index (χ3n) is 3.44. The van der Waals surface area contributed by atoms with Gasteiger partial charge in [0.25, 0.3) is 0 Å². The van der Waals surface area contributed by atoms with Crippen LogP contribution in [0.15, 0.2) is 48.5 Å². The first kappa shape index (κ1) is 16.3. The molecule has 0 bridgehead atoms. The number of benzene rings is 2. The standard InChI is InChI=1S/C17H19ClN2O2/c1-12-8-9-14(18)10-15(12)20-16(21)19-11-17(2,22)13-6-4-3-5-7-13/h3-10,22H,11H2,1-2H3,(H2,19,20,21). The van der Waals surface area contributed by atoms with Gasteiger partial charge in [0.05, 0.1) is 6.54 Å². The first-order valence-corrected chi connectivity index (χ1v) is 7.35. The second kappa shape index (κ2) is 6.81. The van der Waals surface area contributed by atoms with Crippen molar-refractivity contribution in [2.75, 3.05) is 11.9 Å². The van der Waals surface area contributed by atoms with E-state index in [4.69, 9.17) is 11.6 Å². The van der Waals surface area contributed by atoms with Crippen LogP contribution in [0.2, 0.25) is 5.02 Å². The van der Waals surface area contributed by atoms with Crippen LogP contribution in [0, 0.1) is 6.92 Å².